The second-order valence-electron chi connectivity index (χ2n) is 4.45. The minimum absolute atomic E-state index is 0.0722. The van der Waals surface area contributed by atoms with E-state index in [1.54, 1.807) is 12.1 Å². The van der Waals surface area contributed by atoms with Crippen LogP contribution in [0.2, 0.25) is 5.02 Å². The van der Waals surface area contributed by atoms with Crippen molar-refractivity contribution in [1.29, 1.82) is 0 Å². The van der Waals surface area contributed by atoms with Crippen LogP contribution in [0.4, 0.5) is 11.4 Å². The predicted octanol–water partition coefficient (Wildman–Crippen LogP) is 0.895. The van der Waals surface area contributed by atoms with Gasteiger partial charge in [-0.15, -0.1) is 0 Å². The number of rotatable bonds is 0. The fraction of sp³-hybridized carbons (Fsp3) is 0.364. The minimum atomic E-state index is -3.13. The Labute approximate surface area is 110 Å². The number of carbonyl (C=O) groups is 1. The lowest BCUT2D eigenvalue weighted by molar-refractivity contribution is -0.117. The fourth-order valence-electron chi connectivity index (χ4n) is 2.40. The average molecular weight is 287 g/mol. The molecular weight excluding hydrogens is 276 g/mol. The third-order valence-corrected chi connectivity index (χ3v) is 5.23. The van der Waals surface area contributed by atoms with Crippen molar-refractivity contribution in [2.45, 2.75) is 6.04 Å². The summed E-state index contributed by atoms with van der Waals surface area (Å²) in [5.74, 6) is -0.369. The molecule has 96 valence electrons. The van der Waals surface area contributed by atoms with Crippen LogP contribution in [0.3, 0.4) is 0 Å². The van der Waals surface area contributed by atoms with Crippen LogP contribution in [0.1, 0.15) is 0 Å². The second-order valence-corrected chi connectivity index (χ2v) is 7.08. The summed E-state index contributed by atoms with van der Waals surface area (Å²) >= 11 is 6.04. The Kier molecular flexibility index (Phi) is 2.53. The van der Waals surface area contributed by atoms with Crippen molar-refractivity contribution in [2.75, 3.05) is 28.3 Å². The van der Waals surface area contributed by atoms with Crippen LogP contribution in [-0.4, -0.2) is 38.4 Å². The standard InChI is InChI=1S/C11H11ClN2O3S/c12-7-2-1-3-8-10(7)13-11(15)9-6-18(16,17)5-4-14(8)9/h1-3,9H,4-6H2,(H,13,15). The van der Waals surface area contributed by atoms with Crippen LogP contribution in [0.5, 0.6) is 0 Å². The Bertz CT molecular complexity index is 629. The first kappa shape index (κ1) is 11.8. The Morgan fingerprint density at radius 3 is 2.94 bits per heavy atom. The van der Waals surface area contributed by atoms with Crippen molar-refractivity contribution >= 4 is 38.7 Å². The number of carbonyl (C=O) groups excluding carboxylic acids is 1. The zero-order valence-electron chi connectivity index (χ0n) is 9.39. The van der Waals surface area contributed by atoms with Gasteiger partial charge in [0, 0.05) is 6.54 Å². The van der Waals surface area contributed by atoms with E-state index in [1.807, 2.05) is 11.0 Å². The summed E-state index contributed by atoms with van der Waals surface area (Å²) in [6.07, 6.45) is 0. The van der Waals surface area contributed by atoms with Crippen LogP contribution in [0.25, 0.3) is 0 Å². The first-order valence-corrected chi connectivity index (χ1v) is 7.74. The number of sulfone groups is 1. The Balaban J connectivity index is 2.09. The lowest BCUT2D eigenvalue weighted by Gasteiger charge is -2.40. The highest BCUT2D eigenvalue weighted by atomic mass is 35.5. The number of hydrogen-bond donors (Lipinski definition) is 1. The molecule has 1 unspecified atom stereocenters. The first-order chi connectivity index (χ1) is 8.48. The topological polar surface area (TPSA) is 66.5 Å². The Morgan fingerprint density at radius 2 is 2.17 bits per heavy atom. The lowest BCUT2D eigenvalue weighted by atomic mass is 10.1. The highest BCUT2D eigenvalue weighted by Gasteiger charge is 2.40. The SMILES string of the molecule is O=C1Nc2c(Cl)cccc2N2CCS(=O)(=O)CC12. The van der Waals surface area contributed by atoms with Crippen LogP contribution in [-0.2, 0) is 14.6 Å². The molecule has 1 N–H and O–H groups in total. The molecule has 0 saturated carbocycles. The van der Waals surface area contributed by atoms with E-state index in [1.165, 1.54) is 0 Å². The van der Waals surface area contributed by atoms with Crippen LogP contribution in [0, 0.1) is 0 Å². The van der Waals surface area contributed by atoms with Crippen molar-refractivity contribution in [2.24, 2.45) is 0 Å². The summed E-state index contributed by atoms with van der Waals surface area (Å²) in [5.41, 5.74) is 1.36. The minimum Gasteiger partial charge on any atom is -0.356 e. The van der Waals surface area contributed by atoms with Gasteiger partial charge in [-0.2, -0.15) is 0 Å². The summed E-state index contributed by atoms with van der Waals surface area (Å²) in [6.45, 7) is 0.327. The van der Waals surface area contributed by atoms with Gasteiger partial charge < -0.3 is 10.2 Å². The Morgan fingerprint density at radius 1 is 1.39 bits per heavy atom. The van der Waals surface area contributed by atoms with Crippen LogP contribution in [0.15, 0.2) is 18.2 Å². The van der Waals surface area contributed by atoms with Gasteiger partial charge in [0.05, 0.1) is 27.9 Å². The lowest BCUT2D eigenvalue weighted by Crippen LogP contribution is -2.56. The van der Waals surface area contributed by atoms with E-state index in [0.29, 0.717) is 17.3 Å². The number of halogens is 1. The van der Waals surface area contributed by atoms with Gasteiger partial charge in [-0.1, -0.05) is 17.7 Å². The molecule has 5 nitrogen and oxygen atoms in total. The number of nitrogens with zero attached hydrogens (tertiary/aromatic N) is 1. The molecule has 0 aromatic heterocycles. The molecule has 2 aliphatic rings. The van der Waals surface area contributed by atoms with Gasteiger partial charge in [-0.3, -0.25) is 4.79 Å². The average Bonchev–Trinajstić information content (AvgIpc) is 2.30. The molecular formula is C11H11ClN2O3S. The summed E-state index contributed by atoms with van der Waals surface area (Å²) in [7, 11) is -3.13. The molecule has 7 heteroatoms. The van der Waals surface area contributed by atoms with Gasteiger partial charge in [0.25, 0.3) is 0 Å². The van der Waals surface area contributed by atoms with Gasteiger partial charge in [-0.25, -0.2) is 8.42 Å². The number of fused-ring (bicyclic) bond motifs is 3. The monoisotopic (exact) mass is 286 g/mol. The van der Waals surface area contributed by atoms with Crippen molar-refractivity contribution < 1.29 is 13.2 Å². The van der Waals surface area contributed by atoms with E-state index in [0.717, 1.165) is 5.69 Å². The number of anilines is 2. The van der Waals surface area contributed by atoms with E-state index < -0.39 is 15.9 Å². The molecule has 2 aliphatic heterocycles. The van der Waals surface area contributed by atoms with Gasteiger partial charge in [0.1, 0.15) is 6.04 Å². The zero-order valence-corrected chi connectivity index (χ0v) is 11.0. The second kappa shape index (κ2) is 3.86. The molecule has 1 saturated heterocycles. The normalized spacial score (nSPS) is 25.1. The van der Waals surface area contributed by atoms with E-state index >= 15 is 0 Å². The molecule has 0 bridgehead atoms. The summed E-state index contributed by atoms with van der Waals surface area (Å²) in [6, 6.07) is 4.68. The van der Waals surface area contributed by atoms with Crippen molar-refractivity contribution in [3.05, 3.63) is 23.2 Å². The third kappa shape index (κ3) is 1.76. The molecule has 18 heavy (non-hydrogen) atoms. The smallest absolute Gasteiger partial charge is 0.248 e. The molecule has 1 fully saturated rings. The molecule has 0 aliphatic carbocycles. The van der Waals surface area contributed by atoms with Gasteiger partial charge in [-0.05, 0) is 12.1 Å². The van der Waals surface area contributed by atoms with E-state index in [4.69, 9.17) is 11.6 Å². The molecule has 0 spiro atoms. The van der Waals surface area contributed by atoms with Gasteiger partial charge in [0.15, 0.2) is 9.84 Å². The van der Waals surface area contributed by atoms with Crippen LogP contribution < -0.4 is 10.2 Å². The number of benzene rings is 1. The van der Waals surface area contributed by atoms with Crippen molar-refractivity contribution in [1.82, 2.24) is 0 Å². The molecule has 2 heterocycles. The molecule has 3 rings (SSSR count). The summed E-state index contributed by atoms with van der Waals surface area (Å²) in [4.78, 5) is 13.8. The van der Waals surface area contributed by atoms with E-state index in [-0.39, 0.29) is 17.4 Å². The first-order valence-electron chi connectivity index (χ1n) is 5.54. The molecule has 1 aromatic carbocycles. The number of amides is 1. The molecule has 0 radical (unpaired) electrons. The number of hydrogen-bond acceptors (Lipinski definition) is 4. The predicted molar refractivity (Wildman–Crippen MR) is 69.9 cm³/mol. The van der Waals surface area contributed by atoms with Gasteiger partial charge >= 0.3 is 0 Å². The zero-order chi connectivity index (χ0) is 12.9. The van der Waals surface area contributed by atoms with Crippen molar-refractivity contribution in [3.8, 4) is 0 Å². The molecule has 1 aromatic rings. The highest BCUT2D eigenvalue weighted by molar-refractivity contribution is 7.91. The van der Waals surface area contributed by atoms with Gasteiger partial charge in [0.2, 0.25) is 5.91 Å². The largest absolute Gasteiger partial charge is 0.356 e. The third-order valence-electron chi connectivity index (χ3n) is 3.28. The summed E-state index contributed by atoms with van der Waals surface area (Å²) in [5, 5.41) is 3.15. The molecule has 1 atom stereocenters. The van der Waals surface area contributed by atoms with Crippen LogP contribution >= 0.6 is 11.6 Å². The fourth-order valence-corrected chi connectivity index (χ4v) is 4.07. The number of para-hydroxylation sites is 1. The summed E-state index contributed by atoms with van der Waals surface area (Å²) < 4.78 is 23.2. The maximum Gasteiger partial charge on any atom is 0.248 e. The quantitative estimate of drug-likeness (QED) is 0.769. The number of nitrogens with one attached hydrogen (secondary N) is 1. The van der Waals surface area contributed by atoms with E-state index in [2.05, 4.69) is 5.32 Å². The van der Waals surface area contributed by atoms with Crippen molar-refractivity contribution in [3.63, 3.8) is 0 Å². The highest BCUT2D eigenvalue weighted by Crippen LogP contribution is 2.38. The molecule has 1 amide bonds. The Hall–Kier alpha value is -1.27. The maximum atomic E-state index is 12.0. The van der Waals surface area contributed by atoms with E-state index in [9.17, 15) is 13.2 Å². The maximum absolute atomic E-state index is 12.0.